The second-order valence-corrected chi connectivity index (χ2v) is 6.84. The molecule has 1 saturated heterocycles. The molecule has 2 rings (SSSR count). The predicted molar refractivity (Wildman–Crippen MR) is 75.0 cm³/mol. The van der Waals surface area contributed by atoms with Crippen LogP contribution in [0.4, 0.5) is 0 Å². The van der Waals surface area contributed by atoms with Crippen LogP contribution in [0.5, 0.6) is 0 Å². The van der Waals surface area contributed by atoms with Gasteiger partial charge >= 0.3 is 0 Å². The van der Waals surface area contributed by atoms with Crippen molar-refractivity contribution in [3.63, 3.8) is 0 Å². The van der Waals surface area contributed by atoms with Gasteiger partial charge in [-0.3, -0.25) is 0 Å². The number of piperidine rings is 1. The van der Waals surface area contributed by atoms with E-state index in [-0.39, 0.29) is 0 Å². The van der Waals surface area contributed by atoms with Gasteiger partial charge in [-0.25, -0.2) is 4.72 Å². The monoisotopic (exact) mass is 302 g/mol. The van der Waals surface area contributed by atoms with Gasteiger partial charge in [-0.1, -0.05) is 0 Å². The van der Waals surface area contributed by atoms with Crippen LogP contribution in [-0.4, -0.2) is 53.7 Å². The van der Waals surface area contributed by atoms with Crippen LogP contribution in [-0.2, 0) is 23.7 Å². The highest BCUT2D eigenvalue weighted by Crippen LogP contribution is 2.17. The maximum absolute atomic E-state index is 12.1. The number of hydrogen-bond acceptors (Lipinski definition) is 5. The molecule has 1 aromatic rings. The van der Waals surface area contributed by atoms with E-state index in [2.05, 4.69) is 14.9 Å². The molecule has 8 nitrogen and oxygen atoms in total. The minimum atomic E-state index is -3.40. The van der Waals surface area contributed by atoms with Crippen molar-refractivity contribution in [2.75, 3.05) is 26.2 Å². The molecule has 0 aromatic carbocycles. The summed E-state index contributed by atoms with van der Waals surface area (Å²) in [6, 6.07) is 0. The Balaban J connectivity index is 1.81. The van der Waals surface area contributed by atoms with Crippen LogP contribution in [0.25, 0.3) is 0 Å². The Bertz CT molecular complexity index is 521. The molecule has 0 radical (unpaired) electrons. The molecule has 0 atom stereocenters. The molecule has 1 fully saturated rings. The van der Waals surface area contributed by atoms with Crippen molar-refractivity contribution >= 4 is 10.2 Å². The maximum atomic E-state index is 12.1. The summed E-state index contributed by atoms with van der Waals surface area (Å²) in [5.74, 6) is 1.20. The Kier molecular flexibility index (Phi) is 5.08. The summed E-state index contributed by atoms with van der Waals surface area (Å²) in [6.45, 7) is 2.04. The van der Waals surface area contributed by atoms with Crippen LogP contribution < -0.4 is 10.5 Å². The third kappa shape index (κ3) is 3.75. The Morgan fingerprint density at radius 2 is 2.15 bits per heavy atom. The van der Waals surface area contributed by atoms with Crippen LogP contribution in [0, 0.1) is 5.92 Å². The van der Waals surface area contributed by atoms with Gasteiger partial charge < -0.3 is 10.3 Å². The lowest BCUT2D eigenvalue weighted by molar-refractivity contribution is 0.276. The number of nitrogens with two attached hydrogens (primary N) is 1. The van der Waals surface area contributed by atoms with Crippen molar-refractivity contribution in [2.45, 2.75) is 19.3 Å². The van der Waals surface area contributed by atoms with E-state index in [0.29, 0.717) is 38.5 Å². The third-order valence-corrected chi connectivity index (χ3v) is 5.30. The zero-order valence-electron chi connectivity index (χ0n) is 11.7. The molecule has 0 saturated carbocycles. The number of nitrogens with zero attached hydrogens (tertiary/aromatic N) is 4. The smallest absolute Gasteiger partial charge is 0.279 e. The van der Waals surface area contributed by atoms with E-state index in [4.69, 9.17) is 5.73 Å². The zero-order chi connectivity index (χ0) is 14.6. The molecule has 0 spiro atoms. The highest BCUT2D eigenvalue weighted by Gasteiger charge is 2.26. The molecule has 3 N–H and O–H groups in total. The first-order valence-corrected chi connectivity index (χ1v) is 8.24. The van der Waals surface area contributed by atoms with E-state index < -0.39 is 10.2 Å². The first-order valence-electron chi connectivity index (χ1n) is 6.80. The van der Waals surface area contributed by atoms with E-state index in [1.165, 1.54) is 4.31 Å². The quantitative estimate of drug-likeness (QED) is 0.691. The largest absolute Gasteiger partial charge is 0.330 e. The Hall–Kier alpha value is -1.03. The molecule has 1 aromatic heterocycles. The second-order valence-electron chi connectivity index (χ2n) is 5.09. The van der Waals surface area contributed by atoms with Gasteiger partial charge in [0, 0.05) is 33.1 Å². The van der Waals surface area contributed by atoms with Crippen molar-refractivity contribution in [1.82, 2.24) is 23.8 Å². The first kappa shape index (κ1) is 15.4. The number of rotatable bonds is 6. The average Bonchev–Trinajstić information content (AvgIpc) is 2.84. The molecule has 0 unspecified atom stereocenters. The standard InChI is InChI=1S/C11H22N6O2S/c1-16-9-13-15-11(16)2-5-14-20(18,19)17-6-3-10(8-12)4-7-17/h9-10,14H,2-8,12H2,1H3. The lowest BCUT2D eigenvalue weighted by Crippen LogP contribution is -2.46. The molecule has 20 heavy (non-hydrogen) atoms. The molecular formula is C11H22N6O2S. The fourth-order valence-electron chi connectivity index (χ4n) is 2.30. The summed E-state index contributed by atoms with van der Waals surface area (Å²) >= 11 is 0. The Labute approximate surface area is 119 Å². The van der Waals surface area contributed by atoms with Crippen LogP contribution in [0.3, 0.4) is 0 Å². The van der Waals surface area contributed by atoms with Gasteiger partial charge in [-0.05, 0) is 25.3 Å². The third-order valence-electron chi connectivity index (χ3n) is 3.68. The SMILES string of the molecule is Cn1cnnc1CCNS(=O)(=O)N1CCC(CN)CC1. The molecule has 0 amide bonds. The Morgan fingerprint density at radius 1 is 1.45 bits per heavy atom. The number of aryl methyl sites for hydroxylation is 1. The van der Waals surface area contributed by atoms with E-state index in [1.807, 2.05) is 7.05 Å². The van der Waals surface area contributed by atoms with E-state index in [1.54, 1.807) is 10.9 Å². The fraction of sp³-hybridized carbons (Fsp3) is 0.818. The summed E-state index contributed by atoms with van der Waals surface area (Å²) < 4.78 is 30.2. The number of nitrogens with one attached hydrogen (secondary N) is 1. The minimum absolute atomic E-state index is 0.325. The van der Waals surface area contributed by atoms with Crippen LogP contribution in [0.15, 0.2) is 6.33 Å². The summed E-state index contributed by atoms with van der Waals surface area (Å²) in [6.07, 6.45) is 3.79. The summed E-state index contributed by atoms with van der Waals surface area (Å²) in [5, 5.41) is 7.68. The molecule has 114 valence electrons. The van der Waals surface area contributed by atoms with Crippen molar-refractivity contribution in [2.24, 2.45) is 18.7 Å². The maximum Gasteiger partial charge on any atom is 0.279 e. The average molecular weight is 302 g/mol. The molecule has 1 aliphatic rings. The lowest BCUT2D eigenvalue weighted by atomic mass is 9.99. The molecular weight excluding hydrogens is 280 g/mol. The van der Waals surface area contributed by atoms with Crippen LogP contribution in [0.1, 0.15) is 18.7 Å². The number of hydrogen-bond donors (Lipinski definition) is 2. The summed E-state index contributed by atoms with van der Waals surface area (Å²) in [4.78, 5) is 0. The van der Waals surface area contributed by atoms with Gasteiger partial charge in [-0.2, -0.15) is 12.7 Å². The van der Waals surface area contributed by atoms with Gasteiger partial charge in [0.15, 0.2) is 0 Å². The fourth-order valence-corrected chi connectivity index (χ4v) is 3.54. The van der Waals surface area contributed by atoms with Crippen molar-refractivity contribution in [3.05, 3.63) is 12.2 Å². The van der Waals surface area contributed by atoms with Crippen molar-refractivity contribution < 1.29 is 8.42 Å². The normalized spacial score (nSPS) is 18.5. The van der Waals surface area contributed by atoms with E-state index in [0.717, 1.165) is 18.7 Å². The van der Waals surface area contributed by atoms with Gasteiger partial charge in [0.1, 0.15) is 12.2 Å². The molecule has 1 aliphatic heterocycles. The predicted octanol–water partition coefficient (Wildman–Crippen LogP) is -1.14. The van der Waals surface area contributed by atoms with E-state index in [9.17, 15) is 8.42 Å². The first-order chi connectivity index (χ1) is 9.53. The van der Waals surface area contributed by atoms with Gasteiger partial charge in [-0.15, -0.1) is 10.2 Å². The Morgan fingerprint density at radius 3 is 2.70 bits per heavy atom. The highest BCUT2D eigenvalue weighted by molar-refractivity contribution is 7.87. The topological polar surface area (TPSA) is 106 Å². The van der Waals surface area contributed by atoms with Gasteiger partial charge in [0.2, 0.25) is 0 Å². The zero-order valence-corrected chi connectivity index (χ0v) is 12.5. The molecule has 0 bridgehead atoms. The summed E-state index contributed by atoms with van der Waals surface area (Å²) in [7, 11) is -1.56. The van der Waals surface area contributed by atoms with E-state index >= 15 is 0 Å². The van der Waals surface area contributed by atoms with Gasteiger partial charge in [0.25, 0.3) is 10.2 Å². The second kappa shape index (κ2) is 6.61. The summed E-state index contributed by atoms with van der Waals surface area (Å²) in [5.41, 5.74) is 5.61. The number of aromatic nitrogens is 3. The lowest BCUT2D eigenvalue weighted by Gasteiger charge is -2.30. The van der Waals surface area contributed by atoms with Crippen LogP contribution in [0.2, 0.25) is 0 Å². The minimum Gasteiger partial charge on any atom is -0.330 e. The molecule has 9 heteroatoms. The van der Waals surface area contributed by atoms with Crippen molar-refractivity contribution in [3.8, 4) is 0 Å². The molecule has 0 aliphatic carbocycles. The van der Waals surface area contributed by atoms with Crippen molar-refractivity contribution in [1.29, 1.82) is 0 Å². The van der Waals surface area contributed by atoms with Gasteiger partial charge in [0.05, 0.1) is 0 Å². The van der Waals surface area contributed by atoms with Crippen LogP contribution >= 0.6 is 0 Å². The highest BCUT2D eigenvalue weighted by atomic mass is 32.2. The molecule has 2 heterocycles.